The van der Waals surface area contributed by atoms with Crippen molar-refractivity contribution in [2.75, 3.05) is 38.0 Å². The number of nitrogens with zero attached hydrogens (tertiary/aromatic N) is 5. The highest BCUT2D eigenvalue weighted by molar-refractivity contribution is 5.98. The number of piperazine rings is 1. The summed E-state index contributed by atoms with van der Waals surface area (Å²) in [5.74, 6) is -0.295. The summed E-state index contributed by atoms with van der Waals surface area (Å²) in [7, 11) is 0. The number of hydrogen-bond acceptors (Lipinski definition) is 9. The molecule has 1 saturated heterocycles. The van der Waals surface area contributed by atoms with Crippen LogP contribution in [0, 0.1) is 11.8 Å². The molecule has 16 nitrogen and oxygen atoms in total. The summed E-state index contributed by atoms with van der Waals surface area (Å²) >= 11 is 0. The maximum absolute atomic E-state index is 13.8. The number of hydrogen-bond donors (Lipinski definition) is 5. The van der Waals surface area contributed by atoms with E-state index in [2.05, 4.69) is 36.6 Å². The fourth-order valence-electron chi connectivity index (χ4n) is 7.04. The second kappa shape index (κ2) is 18.1. The molecule has 5 amide bonds. The third kappa shape index (κ3) is 11.1. The Labute approximate surface area is 330 Å². The van der Waals surface area contributed by atoms with Crippen molar-refractivity contribution in [2.24, 2.45) is 11.8 Å². The molecule has 1 atom stereocenters. The minimum atomic E-state index is -0.980. The molecule has 2 aliphatic rings. The number of rotatable bonds is 11. The van der Waals surface area contributed by atoms with Crippen molar-refractivity contribution in [3.63, 3.8) is 0 Å². The molecule has 6 rings (SSSR count). The zero-order valence-corrected chi connectivity index (χ0v) is 32.4. The van der Waals surface area contributed by atoms with Gasteiger partial charge in [0.05, 0.1) is 0 Å². The number of H-pyrrole nitrogens is 1. The van der Waals surface area contributed by atoms with E-state index >= 15 is 0 Å². The summed E-state index contributed by atoms with van der Waals surface area (Å²) in [5, 5.41) is 32.0. The molecule has 2 heterocycles. The Hall–Kier alpha value is -6.32. The Morgan fingerprint density at radius 2 is 1.42 bits per heavy atom. The Kier molecular flexibility index (Phi) is 12.8. The van der Waals surface area contributed by atoms with Crippen molar-refractivity contribution in [3.05, 3.63) is 83.9 Å². The van der Waals surface area contributed by atoms with Gasteiger partial charge in [0.1, 0.15) is 11.6 Å². The average Bonchev–Trinajstić information content (AvgIpc) is 3.75. The summed E-state index contributed by atoms with van der Waals surface area (Å²) in [6, 6.07) is 21.2. The van der Waals surface area contributed by atoms with E-state index < -0.39 is 23.8 Å². The number of nitrogens with one attached hydrogen (secondary N) is 4. The molecule has 5 N–H and O–H groups in total. The lowest BCUT2D eigenvalue weighted by atomic mass is 9.81. The van der Waals surface area contributed by atoms with E-state index in [0.717, 1.165) is 35.1 Å². The van der Waals surface area contributed by atoms with Crippen LogP contribution >= 0.6 is 0 Å². The predicted molar refractivity (Wildman–Crippen MR) is 211 cm³/mol. The second-order valence-electron chi connectivity index (χ2n) is 15.5. The minimum Gasteiger partial charge on any atom is -0.465 e. The van der Waals surface area contributed by atoms with Crippen LogP contribution in [0.5, 0.6) is 0 Å². The van der Waals surface area contributed by atoms with E-state index in [0.29, 0.717) is 49.6 Å². The number of carboxylic acid groups (broad SMARTS) is 1. The van der Waals surface area contributed by atoms with Crippen molar-refractivity contribution in [1.29, 1.82) is 0 Å². The lowest BCUT2D eigenvalue weighted by Gasteiger charge is -2.33. The van der Waals surface area contributed by atoms with Gasteiger partial charge in [-0.15, -0.1) is 10.2 Å². The first-order valence-electron chi connectivity index (χ1n) is 19.2. The number of aromatic nitrogens is 4. The highest BCUT2D eigenvalue weighted by atomic mass is 16.6. The maximum atomic E-state index is 13.8. The summed E-state index contributed by atoms with van der Waals surface area (Å²) in [6.07, 6.45) is 1.61. The molecule has 0 spiro atoms. The highest BCUT2D eigenvalue weighted by Crippen LogP contribution is 2.29. The SMILES string of the molecule is CC(C)(C)OC(=O)NC[C@H]1CC[C@H](C(=O)N[C@@H](Cc2ccc(-c3ccc(C(=O)N4CCN(C(=O)O)CC4)cc3)cc2)C(=O)Nc2ccc(-c3nn[nH]n3)cc2)CC1. The molecule has 2 fully saturated rings. The molecule has 16 heteroatoms. The zero-order chi connectivity index (χ0) is 40.5. The van der Waals surface area contributed by atoms with Crippen LogP contribution in [0.25, 0.3) is 22.5 Å². The first kappa shape index (κ1) is 40.3. The molecule has 4 aromatic rings. The number of ether oxygens (including phenoxy) is 1. The van der Waals surface area contributed by atoms with Crippen LogP contribution in [-0.4, -0.2) is 110 Å². The van der Waals surface area contributed by atoms with Crippen LogP contribution in [-0.2, 0) is 20.7 Å². The second-order valence-corrected chi connectivity index (χ2v) is 15.5. The quantitative estimate of drug-likeness (QED) is 0.138. The zero-order valence-electron chi connectivity index (χ0n) is 32.4. The summed E-state index contributed by atoms with van der Waals surface area (Å²) in [6.45, 7) is 7.18. The number of amides is 5. The molecule has 3 aromatic carbocycles. The minimum absolute atomic E-state index is 0.139. The van der Waals surface area contributed by atoms with Gasteiger partial charge >= 0.3 is 12.2 Å². The molecular formula is C41H49N9O7. The summed E-state index contributed by atoms with van der Waals surface area (Å²) in [4.78, 5) is 66.9. The lowest BCUT2D eigenvalue weighted by molar-refractivity contribution is -0.130. The summed E-state index contributed by atoms with van der Waals surface area (Å²) in [5.41, 5.74) is 3.87. The van der Waals surface area contributed by atoms with Gasteiger partial charge in [-0.3, -0.25) is 14.4 Å². The molecule has 0 unspecified atom stereocenters. The number of anilines is 1. The lowest BCUT2D eigenvalue weighted by Crippen LogP contribution is -2.50. The Bertz CT molecular complexity index is 2000. The van der Waals surface area contributed by atoms with Gasteiger partial charge in [-0.2, -0.15) is 5.21 Å². The van der Waals surface area contributed by atoms with Crippen molar-refractivity contribution in [2.45, 2.75) is 64.5 Å². The topological polar surface area (TPSA) is 212 Å². The van der Waals surface area contributed by atoms with Crippen molar-refractivity contribution >= 4 is 35.6 Å². The van der Waals surface area contributed by atoms with Gasteiger partial charge in [0, 0.05) is 61.9 Å². The largest absolute Gasteiger partial charge is 0.465 e. The van der Waals surface area contributed by atoms with Crippen LogP contribution in [0.3, 0.4) is 0 Å². The van der Waals surface area contributed by atoms with Gasteiger partial charge in [-0.1, -0.05) is 36.4 Å². The van der Waals surface area contributed by atoms with E-state index in [1.807, 2.05) is 57.2 Å². The fourth-order valence-corrected chi connectivity index (χ4v) is 7.04. The predicted octanol–water partition coefficient (Wildman–Crippen LogP) is 4.97. The molecule has 1 aliphatic carbocycles. The highest BCUT2D eigenvalue weighted by Gasteiger charge is 2.31. The van der Waals surface area contributed by atoms with E-state index in [1.54, 1.807) is 41.3 Å². The van der Waals surface area contributed by atoms with Gasteiger partial charge in [0.2, 0.25) is 17.6 Å². The van der Waals surface area contributed by atoms with Crippen molar-refractivity contribution < 1.29 is 33.8 Å². The molecule has 300 valence electrons. The number of tetrazole rings is 1. The average molecular weight is 780 g/mol. The molecule has 1 aromatic heterocycles. The monoisotopic (exact) mass is 779 g/mol. The Morgan fingerprint density at radius 1 is 0.825 bits per heavy atom. The Balaban J connectivity index is 1.08. The third-order valence-corrected chi connectivity index (χ3v) is 10.2. The van der Waals surface area contributed by atoms with Gasteiger partial charge < -0.3 is 35.6 Å². The van der Waals surface area contributed by atoms with Crippen LogP contribution in [0.1, 0.15) is 62.4 Å². The smallest absolute Gasteiger partial charge is 0.407 e. The molecule has 1 saturated carbocycles. The van der Waals surface area contributed by atoms with Crippen molar-refractivity contribution in [1.82, 2.24) is 41.1 Å². The van der Waals surface area contributed by atoms with Gasteiger partial charge in [0.25, 0.3) is 5.91 Å². The first-order chi connectivity index (χ1) is 27.3. The number of benzene rings is 3. The van der Waals surface area contributed by atoms with E-state index in [1.165, 1.54) is 4.90 Å². The third-order valence-electron chi connectivity index (χ3n) is 10.2. The molecule has 0 radical (unpaired) electrons. The van der Waals surface area contributed by atoms with E-state index in [4.69, 9.17) is 4.74 Å². The number of alkyl carbamates (subject to hydrolysis) is 1. The number of carbonyl (C=O) groups is 5. The Morgan fingerprint density at radius 3 is 2.00 bits per heavy atom. The molecule has 0 bridgehead atoms. The standard InChI is InChI=1S/C41H49N9O7/c1-41(2,3)57-39(54)42-25-27-6-10-31(11-7-27)36(51)44-34(37(52)43-33-18-16-30(17-19-33)35-45-47-48-46-35)24-26-4-8-28(9-5-26)29-12-14-32(15-13-29)38(53)49-20-22-50(23-21-49)40(55)56/h4-5,8-9,12-19,27,31,34H,6-7,10-11,20-25H2,1-3H3,(H,42,54)(H,43,52)(H,44,51)(H,55,56)(H,45,46,47,48)/t27-,31-,34-/m0/s1. The van der Waals surface area contributed by atoms with Crippen molar-refractivity contribution in [3.8, 4) is 22.5 Å². The number of aromatic amines is 1. The molecule has 1 aliphatic heterocycles. The molecule has 57 heavy (non-hydrogen) atoms. The van der Waals surface area contributed by atoms with Gasteiger partial charge in [-0.05, 0) is 111 Å². The fraction of sp³-hybridized carbons (Fsp3) is 0.415. The van der Waals surface area contributed by atoms with E-state index in [-0.39, 0.29) is 49.1 Å². The van der Waals surface area contributed by atoms with E-state index in [9.17, 15) is 29.1 Å². The molecular weight excluding hydrogens is 731 g/mol. The van der Waals surface area contributed by atoms with Gasteiger partial charge in [0.15, 0.2) is 0 Å². The summed E-state index contributed by atoms with van der Waals surface area (Å²) < 4.78 is 5.35. The van der Waals surface area contributed by atoms with Crippen LogP contribution in [0.4, 0.5) is 15.3 Å². The van der Waals surface area contributed by atoms with Gasteiger partial charge in [-0.25, -0.2) is 9.59 Å². The maximum Gasteiger partial charge on any atom is 0.407 e. The first-order valence-corrected chi connectivity index (χ1v) is 19.2. The number of carbonyl (C=O) groups excluding carboxylic acids is 4. The normalized spacial score (nSPS) is 17.6. The van der Waals surface area contributed by atoms with Crippen LogP contribution in [0.2, 0.25) is 0 Å². The van der Waals surface area contributed by atoms with Crippen LogP contribution < -0.4 is 16.0 Å². The van der Waals surface area contributed by atoms with Crippen LogP contribution in [0.15, 0.2) is 72.8 Å².